The molecule has 0 N–H and O–H groups in total. The Morgan fingerprint density at radius 2 is 2.15 bits per heavy atom. The molecule has 0 bridgehead atoms. The highest BCUT2D eigenvalue weighted by atomic mass is 16.5. The maximum Gasteiger partial charge on any atom is 0.276 e. The van der Waals surface area contributed by atoms with E-state index in [2.05, 4.69) is 5.16 Å². The first kappa shape index (κ1) is 18.5. The second-order valence-electron chi connectivity index (χ2n) is 6.84. The van der Waals surface area contributed by atoms with E-state index in [1.165, 1.54) is 0 Å². The van der Waals surface area contributed by atoms with Gasteiger partial charge in [0.05, 0.1) is 12.6 Å². The van der Waals surface area contributed by atoms with Crippen LogP contribution in [0.4, 0.5) is 0 Å². The molecule has 0 spiro atoms. The number of amides is 1. The lowest BCUT2D eigenvalue weighted by atomic mass is 10.0. The van der Waals surface area contributed by atoms with Crippen LogP contribution in [0.3, 0.4) is 0 Å². The number of hydrogen-bond acceptors (Lipinski definition) is 5. The van der Waals surface area contributed by atoms with Crippen molar-refractivity contribution in [2.75, 3.05) is 20.3 Å². The van der Waals surface area contributed by atoms with Gasteiger partial charge < -0.3 is 18.9 Å². The molecule has 0 unspecified atom stereocenters. The molecule has 2 aromatic rings. The Labute approximate surface area is 154 Å². The van der Waals surface area contributed by atoms with Crippen molar-refractivity contribution in [1.82, 2.24) is 10.1 Å². The molecular weight excluding hydrogens is 332 g/mol. The average Bonchev–Trinajstić information content (AvgIpc) is 3.12. The number of hydrogen-bond donors (Lipinski definition) is 0. The van der Waals surface area contributed by atoms with E-state index in [-0.39, 0.29) is 18.6 Å². The highest BCUT2D eigenvalue weighted by Gasteiger charge is 2.29. The number of aromatic nitrogens is 1. The van der Waals surface area contributed by atoms with E-state index in [0.29, 0.717) is 18.1 Å². The lowest BCUT2D eigenvalue weighted by Crippen LogP contribution is -2.46. The molecule has 0 radical (unpaired) electrons. The molecule has 0 aliphatic carbocycles. The van der Waals surface area contributed by atoms with Crippen molar-refractivity contribution >= 4 is 5.91 Å². The zero-order valence-electron chi connectivity index (χ0n) is 15.7. The Kier molecular flexibility index (Phi) is 5.93. The third kappa shape index (κ3) is 4.25. The fourth-order valence-corrected chi connectivity index (χ4v) is 3.27. The van der Waals surface area contributed by atoms with Crippen molar-refractivity contribution in [2.45, 2.75) is 45.8 Å². The summed E-state index contributed by atoms with van der Waals surface area (Å²) in [6, 6.07) is 7.83. The van der Waals surface area contributed by atoms with Gasteiger partial charge in [-0.3, -0.25) is 4.79 Å². The number of rotatable bonds is 6. The summed E-state index contributed by atoms with van der Waals surface area (Å²) in [5, 5.41) is 3.95. The molecule has 3 rings (SSSR count). The van der Waals surface area contributed by atoms with Gasteiger partial charge >= 0.3 is 0 Å². The van der Waals surface area contributed by atoms with Crippen LogP contribution in [0, 0.1) is 13.8 Å². The number of aryl methyl sites for hydroxylation is 2. The van der Waals surface area contributed by atoms with Crippen molar-refractivity contribution < 1.29 is 18.8 Å². The van der Waals surface area contributed by atoms with Gasteiger partial charge in [-0.25, -0.2) is 0 Å². The summed E-state index contributed by atoms with van der Waals surface area (Å²) >= 11 is 0. The summed E-state index contributed by atoms with van der Waals surface area (Å²) in [6.07, 6.45) is 3.08. The molecule has 6 heteroatoms. The third-order valence-electron chi connectivity index (χ3n) is 4.74. The van der Waals surface area contributed by atoms with E-state index in [4.69, 9.17) is 14.0 Å². The fraction of sp³-hybridized carbons (Fsp3) is 0.500. The summed E-state index contributed by atoms with van der Waals surface area (Å²) in [4.78, 5) is 14.6. The Hall–Kier alpha value is -2.34. The zero-order valence-corrected chi connectivity index (χ0v) is 15.7. The molecule has 140 valence electrons. The third-order valence-corrected chi connectivity index (χ3v) is 4.74. The van der Waals surface area contributed by atoms with Gasteiger partial charge in [-0.15, -0.1) is 0 Å². The first-order valence-electron chi connectivity index (χ1n) is 9.04. The Bertz CT molecular complexity index is 754. The van der Waals surface area contributed by atoms with Crippen LogP contribution >= 0.6 is 0 Å². The van der Waals surface area contributed by atoms with Crippen LogP contribution in [0.2, 0.25) is 0 Å². The van der Waals surface area contributed by atoms with Crippen molar-refractivity contribution in [3.8, 4) is 5.75 Å². The summed E-state index contributed by atoms with van der Waals surface area (Å²) in [5.41, 5.74) is 2.52. The quantitative estimate of drug-likeness (QED) is 0.791. The van der Waals surface area contributed by atoms with Gasteiger partial charge in [0, 0.05) is 19.7 Å². The standard InChI is InChI=1S/C20H26N2O4/c1-14-7-8-15(2)19(10-14)25-13-17-11-18(21-26-17)20(23)22-9-5-4-6-16(22)12-24-3/h7-8,10-11,16H,4-6,9,12-13H2,1-3H3/t16-/m0/s1. The summed E-state index contributed by atoms with van der Waals surface area (Å²) < 4.78 is 16.4. The Morgan fingerprint density at radius 3 is 2.96 bits per heavy atom. The maximum atomic E-state index is 12.8. The molecule has 1 amide bonds. The number of carbonyl (C=O) groups excluding carboxylic acids is 1. The Balaban J connectivity index is 1.65. The number of benzene rings is 1. The first-order chi connectivity index (χ1) is 12.6. The van der Waals surface area contributed by atoms with Crippen LogP contribution in [0.5, 0.6) is 5.75 Å². The first-order valence-corrected chi connectivity index (χ1v) is 9.04. The van der Waals surface area contributed by atoms with E-state index in [1.807, 2.05) is 36.9 Å². The molecule has 1 saturated heterocycles. The topological polar surface area (TPSA) is 64.8 Å². The number of piperidine rings is 1. The van der Waals surface area contributed by atoms with Crippen molar-refractivity contribution in [3.63, 3.8) is 0 Å². The normalized spacial score (nSPS) is 17.3. The van der Waals surface area contributed by atoms with E-state index in [0.717, 1.165) is 42.7 Å². The fourth-order valence-electron chi connectivity index (χ4n) is 3.27. The molecule has 1 aliphatic heterocycles. The monoisotopic (exact) mass is 358 g/mol. The van der Waals surface area contributed by atoms with Gasteiger partial charge in [0.1, 0.15) is 12.4 Å². The van der Waals surface area contributed by atoms with Crippen LogP contribution in [0.25, 0.3) is 0 Å². The molecule has 6 nitrogen and oxygen atoms in total. The van der Waals surface area contributed by atoms with E-state index >= 15 is 0 Å². The highest BCUT2D eigenvalue weighted by molar-refractivity contribution is 5.92. The molecule has 1 fully saturated rings. The SMILES string of the molecule is COC[C@@H]1CCCCN1C(=O)c1cc(COc2cc(C)ccc2C)on1. The largest absolute Gasteiger partial charge is 0.485 e. The van der Waals surface area contributed by atoms with Crippen LogP contribution in [0.1, 0.15) is 46.6 Å². The van der Waals surface area contributed by atoms with Gasteiger partial charge in [-0.1, -0.05) is 17.3 Å². The lowest BCUT2D eigenvalue weighted by molar-refractivity contribution is 0.0419. The summed E-state index contributed by atoms with van der Waals surface area (Å²) in [6.45, 7) is 5.54. The van der Waals surface area contributed by atoms with E-state index in [1.54, 1.807) is 13.2 Å². The molecule has 26 heavy (non-hydrogen) atoms. The molecule has 2 heterocycles. The molecule has 1 aromatic carbocycles. The van der Waals surface area contributed by atoms with Crippen molar-refractivity contribution in [1.29, 1.82) is 0 Å². The predicted octanol–water partition coefficient (Wildman–Crippen LogP) is 3.51. The maximum absolute atomic E-state index is 12.8. The summed E-state index contributed by atoms with van der Waals surface area (Å²) in [5.74, 6) is 1.24. The highest BCUT2D eigenvalue weighted by Crippen LogP contribution is 2.22. The number of methoxy groups -OCH3 is 1. The van der Waals surface area contributed by atoms with Crippen molar-refractivity contribution in [2.24, 2.45) is 0 Å². The lowest BCUT2D eigenvalue weighted by Gasteiger charge is -2.34. The van der Waals surface area contributed by atoms with E-state index in [9.17, 15) is 4.79 Å². The van der Waals surface area contributed by atoms with Gasteiger partial charge in [-0.2, -0.15) is 0 Å². The predicted molar refractivity (Wildman–Crippen MR) is 97.3 cm³/mol. The minimum Gasteiger partial charge on any atom is -0.485 e. The number of nitrogens with zero attached hydrogens (tertiary/aromatic N) is 2. The second-order valence-corrected chi connectivity index (χ2v) is 6.84. The van der Waals surface area contributed by atoms with E-state index < -0.39 is 0 Å². The van der Waals surface area contributed by atoms with Crippen LogP contribution in [-0.4, -0.2) is 42.3 Å². The van der Waals surface area contributed by atoms with Crippen molar-refractivity contribution in [3.05, 3.63) is 46.8 Å². The number of ether oxygens (including phenoxy) is 2. The second kappa shape index (κ2) is 8.36. The van der Waals surface area contributed by atoms with Gasteiger partial charge in [0.15, 0.2) is 11.5 Å². The minimum absolute atomic E-state index is 0.103. The smallest absolute Gasteiger partial charge is 0.276 e. The minimum atomic E-state index is -0.103. The Morgan fingerprint density at radius 1 is 1.31 bits per heavy atom. The molecular formula is C20H26N2O4. The van der Waals surface area contributed by atoms with Gasteiger partial charge in [0.25, 0.3) is 5.91 Å². The van der Waals surface area contributed by atoms with Gasteiger partial charge in [-0.05, 0) is 50.3 Å². The van der Waals surface area contributed by atoms with Crippen LogP contribution in [-0.2, 0) is 11.3 Å². The summed E-state index contributed by atoms with van der Waals surface area (Å²) in [7, 11) is 1.66. The van der Waals surface area contributed by atoms with Crippen LogP contribution < -0.4 is 4.74 Å². The zero-order chi connectivity index (χ0) is 18.5. The molecule has 1 aromatic heterocycles. The average molecular weight is 358 g/mol. The molecule has 1 aliphatic rings. The van der Waals surface area contributed by atoms with Crippen LogP contribution in [0.15, 0.2) is 28.8 Å². The molecule has 0 saturated carbocycles. The van der Waals surface area contributed by atoms with Gasteiger partial charge in [0.2, 0.25) is 0 Å². The number of likely N-dealkylation sites (tertiary alicyclic amines) is 1. The number of carbonyl (C=O) groups is 1. The molecule has 1 atom stereocenters.